The van der Waals surface area contributed by atoms with Crippen molar-refractivity contribution in [2.75, 3.05) is 35.6 Å². The first-order chi connectivity index (χ1) is 21.3. The molecule has 9 nitrogen and oxygen atoms in total. The molecule has 0 bridgehead atoms. The van der Waals surface area contributed by atoms with Crippen LogP contribution in [0.25, 0.3) is 28.0 Å². The topological polar surface area (TPSA) is 109 Å². The van der Waals surface area contributed by atoms with Crippen molar-refractivity contribution < 1.29 is 13.6 Å². The van der Waals surface area contributed by atoms with Crippen LogP contribution in [0.15, 0.2) is 41.8 Å². The molecule has 13 heteroatoms. The molecular weight excluding hydrogens is 623 g/mol. The maximum atomic E-state index is 16.3. The van der Waals surface area contributed by atoms with Crippen molar-refractivity contribution in [3.8, 4) is 16.9 Å². The normalized spacial score (nSPS) is 17.7. The number of halogens is 4. The number of nitrogen functional groups attached to an aromatic ring is 1. The van der Waals surface area contributed by atoms with E-state index in [9.17, 15) is 9.59 Å². The molecule has 1 saturated heterocycles. The van der Waals surface area contributed by atoms with Crippen LogP contribution in [0.4, 0.5) is 25.8 Å². The number of aromatic nitrogens is 3. The Hall–Kier alpha value is -4.22. The van der Waals surface area contributed by atoms with Crippen LogP contribution in [-0.4, -0.2) is 57.1 Å². The van der Waals surface area contributed by atoms with Crippen LogP contribution in [0.1, 0.15) is 37.9 Å². The molecule has 5 heterocycles. The molecule has 0 radical (unpaired) electrons. The van der Waals surface area contributed by atoms with Gasteiger partial charge in [0.05, 0.1) is 44.4 Å². The summed E-state index contributed by atoms with van der Waals surface area (Å²) in [4.78, 5) is 40.2. The molecule has 3 N–H and O–H groups in total. The Labute approximate surface area is 268 Å². The third-order valence-electron chi connectivity index (χ3n) is 8.55. The number of nitrogens with one attached hydrogen (secondary N) is 1. The molecule has 2 unspecified atom stereocenters. The van der Waals surface area contributed by atoms with E-state index in [4.69, 9.17) is 28.9 Å². The smallest absolute Gasteiger partial charge is 0.282 e. The number of hydrogen-bond acceptors (Lipinski definition) is 7. The number of hydrogen-bond donors (Lipinski definition) is 2. The van der Waals surface area contributed by atoms with Gasteiger partial charge in [0.25, 0.3) is 5.56 Å². The summed E-state index contributed by atoms with van der Waals surface area (Å²) in [7, 11) is 0. The van der Waals surface area contributed by atoms with Gasteiger partial charge in [-0.25, -0.2) is 13.8 Å². The van der Waals surface area contributed by atoms with Gasteiger partial charge in [0.1, 0.15) is 11.4 Å². The first-order valence-corrected chi connectivity index (χ1v) is 15.2. The number of piperazine rings is 1. The Morgan fingerprint density at radius 1 is 1.20 bits per heavy atom. The average molecular weight is 655 g/mol. The fraction of sp³-hybridized carbons (Fsp3) is 0.312. The highest BCUT2D eigenvalue weighted by Gasteiger charge is 2.40. The van der Waals surface area contributed by atoms with E-state index < -0.39 is 28.5 Å². The minimum Gasteiger partial charge on any atom is -0.397 e. The van der Waals surface area contributed by atoms with Gasteiger partial charge in [0.15, 0.2) is 17.3 Å². The highest BCUT2D eigenvalue weighted by atomic mass is 35.5. The summed E-state index contributed by atoms with van der Waals surface area (Å²) in [6, 6.07) is 3.68. The van der Waals surface area contributed by atoms with E-state index in [0.29, 0.717) is 42.1 Å². The minimum atomic E-state index is -0.991. The molecule has 3 aromatic heterocycles. The van der Waals surface area contributed by atoms with Crippen molar-refractivity contribution in [3.05, 3.63) is 80.3 Å². The Morgan fingerprint density at radius 3 is 2.62 bits per heavy atom. The minimum absolute atomic E-state index is 0.0707. The van der Waals surface area contributed by atoms with Gasteiger partial charge in [0.2, 0.25) is 5.91 Å². The Bertz CT molecular complexity index is 1950. The zero-order chi connectivity index (χ0) is 32.5. The second-order valence-corrected chi connectivity index (χ2v) is 12.6. The van der Waals surface area contributed by atoms with Gasteiger partial charge in [-0.2, -0.15) is 0 Å². The molecule has 4 aromatic rings. The van der Waals surface area contributed by atoms with Gasteiger partial charge >= 0.3 is 0 Å². The van der Waals surface area contributed by atoms with Crippen LogP contribution < -0.4 is 21.5 Å². The number of fused-ring (bicyclic) bond motifs is 5. The first kappa shape index (κ1) is 30.8. The molecule has 0 spiro atoms. The zero-order valence-electron chi connectivity index (χ0n) is 25.1. The highest BCUT2D eigenvalue weighted by molar-refractivity contribution is 6.37. The van der Waals surface area contributed by atoms with Gasteiger partial charge in [-0.1, -0.05) is 43.6 Å². The summed E-state index contributed by atoms with van der Waals surface area (Å²) in [5.74, 6) is -2.17. The molecular formula is C32H31Cl2F2N7O2. The summed E-state index contributed by atoms with van der Waals surface area (Å²) >= 11 is 12.3. The Balaban J connectivity index is 1.72. The Kier molecular flexibility index (Phi) is 7.73. The van der Waals surface area contributed by atoms with Crippen LogP contribution in [-0.2, 0) is 4.79 Å². The quantitative estimate of drug-likeness (QED) is 0.156. The monoisotopic (exact) mass is 653 g/mol. The number of rotatable bonds is 4. The number of carbonyl (C=O) groups excluding carboxylic acids is 1. The molecule has 2 atom stereocenters. The zero-order valence-corrected chi connectivity index (χ0v) is 26.6. The van der Waals surface area contributed by atoms with Gasteiger partial charge in [-0.3, -0.25) is 19.1 Å². The molecule has 1 fully saturated rings. The van der Waals surface area contributed by atoms with Crippen LogP contribution in [0.3, 0.4) is 0 Å². The van der Waals surface area contributed by atoms with E-state index in [1.807, 2.05) is 32.6 Å². The first-order valence-electron chi connectivity index (χ1n) is 14.5. The number of nitrogens with two attached hydrogens (primary N) is 1. The number of carbonyl (C=O) groups is 1. The summed E-state index contributed by atoms with van der Waals surface area (Å²) in [6.07, 6.45) is 2.94. The molecule has 1 amide bonds. The van der Waals surface area contributed by atoms with Gasteiger partial charge in [-0.05, 0) is 49.6 Å². The van der Waals surface area contributed by atoms with Crippen LogP contribution in [0, 0.1) is 18.6 Å². The van der Waals surface area contributed by atoms with Crippen LogP contribution in [0.2, 0.25) is 10.0 Å². The van der Waals surface area contributed by atoms with E-state index >= 15 is 8.78 Å². The van der Waals surface area contributed by atoms with E-state index in [0.717, 1.165) is 11.6 Å². The molecule has 6 rings (SSSR count). The second-order valence-electron chi connectivity index (χ2n) is 11.7. The van der Waals surface area contributed by atoms with E-state index in [-0.39, 0.29) is 51.0 Å². The summed E-state index contributed by atoms with van der Waals surface area (Å²) in [5.41, 5.74) is 7.26. The van der Waals surface area contributed by atoms with Gasteiger partial charge in [-0.15, -0.1) is 0 Å². The van der Waals surface area contributed by atoms with Crippen molar-refractivity contribution in [1.82, 2.24) is 19.4 Å². The largest absolute Gasteiger partial charge is 0.397 e. The third-order valence-corrected chi connectivity index (χ3v) is 9.14. The Morgan fingerprint density at radius 2 is 1.93 bits per heavy atom. The second kappa shape index (κ2) is 11.3. The van der Waals surface area contributed by atoms with Gasteiger partial charge < -0.3 is 20.9 Å². The lowest BCUT2D eigenvalue weighted by Crippen LogP contribution is -2.62. The van der Waals surface area contributed by atoms with E-state index in [2.05, 4.69) is 21.9 Å². The maximum Gasteiger partial charge on any atom is 0.282 e. The molecule has 234 valence electrons. The van der Waals surface area contributed by atoms with Crippen LogP contribution in [0.5, 0.6) is 0 Å². The molecule has 45 heavy (non-hydrogen) atoms. The summed E-state index contributed by atoms with van der Waals surface area (Å²) < 4.78 is 33.2. The van der Waals surface area contributed by atoms with Crippen molar-refractivity contribution in [1.29, 1.82) is 0 Å². The third kappa shape index (κ3) is 4.80. The molecule has 0 saturated carbocycles. The SMILES string of the molecule is C=CC(=O)N1CC2CNc3c(c4cc(F)c(-c5c(N)c(Cl)cc(Cl)c5F)nc4n(-c4c(C)ccnc4C(C)C)c3=O)N2CC1C. The fourth-order valence-electron chi connectivity index (χ4n) is 6.36. The van der Waals surface area contributed by atoms with Crippen LogP contribution >= 0.6 is 23.2 Å². The average Bonchev–Trinajstić information content (AvgIpc) is 3.00. The lowest BCUT2D eigenvalue weighted by atomic mass is 9.99. The van der Waals surface area contributed by atoms with E-state index in [1.54, 1.807) is 17.2 Å². The summed E-state index contributed by atoms with van der Waals surface area (Å²) in [5, 5.41) is 3.15. The number of anilines is 3. The molecule has 0 aliphatic carbocycles. The van der Waals surface area contributed by atoms with Crippen molar-refractivity contribution >= 4 is 57.2 Å². The standard InChI is InChI=1S/C32H31Cl2F2N7O2/c1-6-22(44)41-13-17-11-39-28-30(42(17)12-16(41)5)18-9-21(35)27(23-24(36)19(33)10-20(34)25(23)37)40-31(18)43(32(28)45)29-15(4)7-8-38-26(29)14(2)3/h6-10,14,16-17,39H,1,11-13,37H2,2-5H3. The number of aryl methyl sites for hydroxylation is 1. The van der Waals surface area contributed by atoms with Crippen molar-refractivity contribution in [3.63, 3.8) is 0 Å². The predicted molar refractivity (Wildman–Crippen MR) is 175 cm³/mol. The van der Waals surface area contributed by atoms with E-state index in [1.165, 1.54) is 16.7 Å². The molecule has 1 aromatic carbocycles. The molecule has 2 aliphatic rings. The lowest BCUT2D eigenvalue weighted by Gasteiger charge is -2.49. The lowest BCUT2D eigenvalue weighted by molar-refractivity contribution is -0.128. The molecule has 2 aliphatic heterocycles. The number of benzene rings is 1. The fourth-order valence-corrected chi connectivity index (χ4v) is 6.83. The maximum absolute atomic E-state index is 16.3. The van der Waals surface area contributed by atoms with Gasteiger partial charge in [0, 0.05) is 37.3 Å². The highest BCUT2D eigenvalue weighted by Crippen LogP contribution is 2.43. The number of nitrogens with zero attached hydrogens (tertiary/aromatic N) is 5. The van der Waals surface area contributed by atoms with Crippen molar-refractivity contribution in [2.24, 2.45) is 0 Å². The van der Waals surface area contributed by atoms with Crippen molar-refractivity contribution in [2.45, 2.75) is 45.7 Å². The predicted octanol–water partition coefficient (Wildman–Crippen LogP) is 6.06. The number of amides is 1. The number of pyridine rings is 3. The summed E-state index contributed by atoms with van der Waals surface area (Å²) in [6.45, 7) is 12.4.